The molecule has 1 aromatic heterocycles. The minimum absolute atomic E-state index is 0. The van der Waals surface area contributed by atoms with Gasteiger partial charge in [-0.15, -0.1) is 12.4 Å². The first kappa shape index (κ1) is 22.3. The van der Waals surface area contributed by atoms with Gasteiger partial charge in [-0.25, -0.2) is 0 Å². The van der Waals surface area contributed by atoms with E-state index in [0.717, 1.165) is 18.5 Å². The fourth-order valence-corrected chi connectivity index (χ4v) is 3.44. The van der Waals surface area contributed by atoms with E-state index in [9.17, 15) is 4.79 Å². The number of hydrogen-bond acceptors (Lipinski definition) is 5. The zero-order valence-electron chi connectivity index (χ0n) is 16.0. The maximum absolute atomic E-state index is 13.3. The first-order valence-electron chi connectivity index (χ1n) is 9.07. The van der Waals surface area contributed by atoms with E-state index in [0.29, 0.717) is 41.8 Å². The molecule has 2 aromatic rings. The van der Waals surface area contributed by atoms with E-state index in [2.05, 4.69) is 10.3 Å². The van der Waals surface area contributed by atoms with Crippen LogP contribution in [0.25, 0.3) is 0 Å². The molecule has 1 aliphatic rings. The van der Waals surface area contributed by atoms with Crippen molar-refractivity contribution < 1.29 is 14.3 Å². The predicted octanol–water partition coefficient (Wildman–Crippen LogP) is 3.74. The molecular formula is C20H25Cl2N3O3. The second kappa shape index (κ2) is 10.5. The lowest BCUT2D eigenvalue weighted by Gasteiger charge is -2.36. The molecule has 1 amide bonds. The molecule has 8 heteroatoms. The van der Waals surface area contributed by atoms with Gasteiger partial charge in [-0.05, 0) is 30.2 Å². The van der Waals surface area contributed by atoms with E-state index in [1.54, 1.807) is 31.6 Å². The zero-order valence-corrected chi connectivity index (χ0v) is 17.6. The van der Waals surface area contributed by atoms with Gasteiger partial charge in [0.25, 0.3) is 5.91 Å². The standard InChI is InChI=1S/C20H24ClN3O3.ClH/c1-3-9-27-19-16(21)10-15(11-18(19)26-2)20(25)24-8-7-23-13-17(24)14-5-4-6-22-12-14;/h4-6,10-12,17,23H,3,7-9,13H2,1-2H3;1H. The number of nitrogens with one attached hydrogen (secondary N) is 1. The van der Waals surface area contributed by atoms with Crippen molar-refractivity contribution in [2.75, 3.05) is 33.4 Å². The minimum Gasteiger partial charge on any atom is -0.493 e. The Labute approximate surface area is 176 Å². The fourth-order valence-electron chi connectivity index (χ4n) is 3.17. The van der Waals surface area contributed by atoms with Gasteiger partial charge < -0.3 is 19.7 Å². The highest BCUT2D eigenvalue weighted by Crippen LogP contribution is 2.37. The number of amides is 1. The number of nitrogens with zero attached hydrogens (tertiary/aromatic N) is 2. The number of ether oxygens (including phenoxy) is 2. The molecule has 1 N–H and O–H groups in total. The van der Waals surface area contributed by atoms with Crippen molar-refractivity contribution in [2.24, 2.45) is 0 Å². The molecule has 1 atom stereocenters. The third kappa shape index (κ3) is 4.87. The second-order valence-electron chi connectivity index (χ2n) is 6.34. The molecule has 0 bridgehead atoms. The highest BCUT2D eigenvalue weighted by molar-refractivity contribution is 6.32. The smallest absolute Gasteiger partial charge is 0.254 e. The lowest BCUT2D eigenvalue weighted by atomic mass is 10.0. The molecule has 0 spiro atoms. The average molecular weight is 426 g/mol. The molecule has 0 radical (unpaired) electrons. The van der Waals surface area contributed by atoms with Crippen LogP contribution in [0.1, 0.15) is 35.3 Å². The van der Waals surface area contributed by atoms with Crippen LogP contribution in [0.4, 0.5) is 0 Å². The molecule has 0 aliphatic carbocycles. The third-order valence-electron chi connectivity index (χ3n) is 4.50. The Morgan fingerprint density at radius 3 is 2.93 bits per heavy atom. The van der Waals surface area contributed by atoms with E-state index in [1.165, 1.54) is 0 Å². The molecule has 1 fully saturated rings. The van der Waals surface area contributed by atoms with E-state index < -0.39 is 0 Å². The molecule has 1 aliphatic heterocycles. The van der Waals surface area contributed by atoms with Gasteiger partial charge in [-0.1, -0.05) is 24.6 Å². The highest BCUT2D eigenvalue weighted by atomic mass is 35.5. The first-order chi connectivity index (χ1) is 13.2. The van der Waals surface area contributed by atoms with Gasteiger partial charge in [0.1, 0.15) is 0 Å². The van der Waals surface area contributed by atoms with Crippen molar-refractivity contribution in [3.63, 3.8) is 0 Å². The number of rotatable bonds is 6. The van der Waals surface area contributed by atoms with Gasteiger partial charge >= 0.3 is 0 Å². The number of carbonyl (C=O) groups excluding carboxylic acids is 1. The van der Waals surface area contributed by atoms with E-state index >= 15 is 0 Å². The lowest BCUT2D eigenvalue weighted by Crippen LogP contribution is -2.48. The summed E-state index contributed by atoms with van der Waals surface area (Å²) in [6, 6.07) is 7.13. The van der Waals surface area contributed by atoms with Gasteiger partial charge in [0.05, 0.1) is 24.8 Å². The van der Waals surface area contributed by atoms with Crippen LogP contribution in [0.15, 0.2) is 36.7 Å². The van der Waals surface area contributed by atoms with Crippen molar-refractivity contribution >= 4 is 29.9 Å². The van der Waals surface area contributed by atoms with Gasteiger partial charge in [0, 0.05) is 37.6 Å². The second-order valence-corrected chi connectivity index (χ2v) is 6.75. The predicted molar refractivity (Wildman–Crippen MR) is 112 cm³/mol. The fraction of sp³-hybridized carbons (Fsp3) is 0.400. The van der Waals surface area contributed by atoms with Crippen LogP contribution in [0.5, 0.6) is 11.5 Å². The van der Waals surface area contributed by atoms with E-state index in [1.807, 2.05) is 24.0 Å². The third-order valence-corrected chi connectivity index (χ3v) is 4.78. The Morgan fingerprint density at radius 1 is 1.43 bits per heavy atom. The first-order valence-corrected chi connectivity index (χ1v) is 9.45. The Kier molecular flexibility index (Phi) is 8.35. The summed E-state index contributed by atoms with van der Waals surface area (Å²) in [5, 5.41) is 3.72. The van der Waals surface area contributed by atoms with Crippen LogP contribution < -0.4 is 14.8 Å². The summed E-state index contributed by atoms with van der Waals surface area (Å²) in [5.41, 5.74) is 1.48. The topological polar surface area (TPSA) is 63.7 Å². The number of aromatic nitrogens is 1. The number of methoxy groups -OCH3 is 1. The zero-order chi connectivity index (χ0) is 19.2. The number of carbonyl (C=O) groups is 1. The van der Waals surface area contributed by atoms with Crippen LogP contribution in [-0.2, 0) is 0 Å². The molecule has 152 valence electrons. The number of piperazine rings is 1. The maximum atomic E-state index is 13.3. The normalized spacial score (nSPS) is 16.2. The molecule has 3 rings (SSSR count). The average Bonchev–Trinajstić information content (AvgIpc) is 2.72. The molecule has 6 nitrogen and oxygen atoms in total. The van der Waals surface area contributed by atoms with Crippen LogP contribution in [0, 0.1) is 0 Å². The quantitative estimate of drug-likeness (QED) is 0.763. The number of halogens is 2. The summed E-state index contributed by atoms with van der Waals surface area (Å²) >= 11 is 6.39. The van der Waals surface area contributed by atoms with Crippen LogP contribution in [-0.4, -0.2) is 49.1 Å². The van der Waals surface area contributed by atoms with Crippen molar-refractivity contribution in [3.05, 3.63) is 52.8 Å². The van der Waals surface area contributed by atoms with Crippen LogP contribution in [0.2, 0.25) is 5.02 Å². The Morgan fingerprint density at radius 2 is 2.25 bits per heavy atom. The Bertz CT molecular complexity index is 790. The molecule has 0 saturated carbocycles. The summed E-state index contributed by atoms with van der Waals surface area (Å²) in [6.45, 7) is 4.57. The Balaban J connectivity index is 0.00000280. The van der Waals surface area contributed by atoms with Gasteiger partial charge in [0.2, 0.25) is 0 Å². The van der Waals surface area contributed by atoms with Crippen molar-refractivity contribution in [2.45, 2.75) is 19.4 Å². The molecule has 28 heavy (non-hydrogen) atoms. The summed E-state index contributed by atoms with van der Waals surface area (Å²) in [5.74, 6) is 0.849. The number of hydrogen-bond donors (Lipinski definition) is 1. The summed E-state index contributed by atoms with van der Waals surface area (Å²) in [4.78, 5) is 19.3. The lowest BCUT2D eigenvalue weighted by molar-refractivity contribution is 0.0633. The molecular weight excluding hydrogens is 401 g/mol. The molecule has 2 heterocycles. The van der Waals surface area contributed by atoms with Crippen molar-refractivity contribution in [3.8, 4) is 11.5 Å². The monoisotopic (exact) mass is 425 g/mol. The van der Waals surface area contributed by atoms with E-state index in [-0.39, 0.29) is 24.4 Å². The molecule has 1 aromatic carbocycles. The van der Waals surface area contributed by atoms with Crippen molar-refractivity contribution in [1.29, 1.82) is 0 Å². The van der Waals surface area contributed by atoms with Crippen molar-refractivity contribution in [1.82, 2.24) is 15.2 Å². The largest absolute Gasteiger partial charge is 0.493 e. The van der Waals surface area contributed by atoms with Crippen LogP contribution >= 0.6 is 24.0 Å². The van der Waals surface area contributed by atoms with Gasteiger partial charge in [-0.2, -0.15) is 0 Å². The van der Waals surface area contributed by atoms with Crippen LogP contribution in [0.3, 0.4) is 0 Å². The Hall–Kier alpha value is -2.02. The van der Waals surface area contributed by atoms with Gasteiger partial charge in [-0.3, -0.25) is 9.78 Å². The molecule has 1 unspecified atom stereocenters. The summed E-state index contributed by atoms with van der Waals surface area (Å²) in [7, 11) is 1.54. The minimum atomic E-state index is -0.0902. The highest BCUT2D eigenvalue weighted by Gasteiger charge is 2.29. The number of pyridine rings is 1. The van der Waals surface area contributed by atoms with Gasteiger partial charge in [0.15, 0.2) is 11.5 Å². The summed E-state index contributed by atoms with van der Waals surface area (Å²) in [6.07, 6.45) is 4.38. The SMILES string of the molecule is CCCOc1c(Cl)cc(C(=O)N2CCNCC2c2cccnc2)cc1OC.Cl. The van der Waals surface area contributed by atoms with E-state index in [4.69, 9.17) is 21.1 Å². The molecule has 1 saturated heterocycles. The number of benzene rings is 1. The summed E-state index contributed by atoms with van der Waals surface area (Å²) < 4.78 is 11.1. The maximum Gasteiger partial charge on any atom is 0.254 e.